The van der Waals surface area contributed by atoms with Gasteiger partial charge in [0.2, 0.25) is 0 Å². The number of amides is 2. The van der Waals surface area contributed by atoms with Crippen LogP contribution < -0.4 is 5.32 Å². The van der Waals surface area contributed by atoms with Crippen LogP contribution in [0.4, 0.5) is 10.1 Å². The third-order valence-electron chi connectivity index (χ3n) is 4.28. The lowest BCUT2D eigenvalue weighted by molar-refractivity contribution is -0.137. The summed E-state index contributed by atoms with van der Waals surface area (Å²) in [6, 6.07) is 10.7. The highest BCUT2D eigenvalue weighted by Crippen LogP contribution is 2.32. The summed E-state index contributed by atoms with van der Waals surface area (Å²) in [4.78, 5) is 26.9. The molecule has 0 saturated carbocycles. The number of carbonyl (C=O) groups is 2. The Labute approximate surface area is 161 Å². The van der Waals surface area contributed by atoms with Crippen molar-refractivity contribution in [1.29, 1.82) is 0 Å². The molecule has 1 N–H and O–H groups in total. The van der Waals surface area contributed by atoms with Crippen LogP contribution >= 0.6 is 11.6 Å². The zero-order valence-corrected chi connectivity index (χ0v) is 15.6. The Morgan fingerprint density at radius 1 is 1.11 bits per heavy atom. The summed E-state index contributed by atoms with van der Waals surface area (Å²) in [6.07, 6.45) is 0. The molecule has 7 heteroatoms. The normalized spacial score (nSPS) is 14.3. The molecule has 3 rings (SSSR count). The van der Waals surface area contributed by atoms with Crippen LogP contribution in [0, 0.1) is 12.7 Å². The van der Waals surface area contributed by atoms with Crippen LogP contribution in [0.15, 0.2) is 48.2 Å². The van der Waals surface area contributed by atoms with Gasteiger partial charge in [0.05, 0.1) is 18.7 Å². The number of nitrogens with zero attached hydrogens (tertiary/aromatic N) is 1. The SMILES string of the molecule is COCCN1C(=O)C(Nc2cc(Cl)ccc2C)=C(c2ccc(F)cc2)C1=O. The Hall–Kier alpha value is -2.70. The molecule has 2 aromatic carbocycles. The first kappa shape index (κ1) is 19.1. The zero-order chi connectivity index (χ0) is 19.6. The molecule has 0 bridgehead atoms. The molecule has 140 valence electrons. The van der Waals surface area contributed by atoms with Gasteiger partial charge in [-0.25, -0.2) is 4.39 Å². The second-order valence-electron chi connectivity index (χ2n) is 6.10. The molecule has 1 aliphatic heterocycles. The molecular formula is C20H18ClFN2O3. The summed E-state index contributed by atoms with van der Waals surface area (Å²) in [6.45, 7) is 2.21. The van der Waals surface area contributed by atoms with Crippen molar-refractivity contribution in [3.63, 3.8) is 0 Å². The van der Waals surface area contributed by atoms with Gasteiger partial charge in [0.15, 0.2) is 0 Å². The van der Waals surface area contributed by atoms with E-state index in [-0.39, 0.29) is 24.4 Å². The molecule has 0 saturated heterocycles. The van der Waals surface area contributed by atoms with Gasteiger partial charge < -0.3 is 10.1 Å². The number of imide groups is 1. The first-order valence-electron chi connectivity index (χ1n) is 8.31. The predicted molar refractivity (Wildman–Crippen MR) is 102 cm³/mol. The molecular weight excluding hydrogens is 371 g/mol. The Balaban J connectivity index is 2.07. The van der Waals surface area contributed by atoms with E-state index >= 15 is 0 Å². The monoisotopic (exact) mass is 388 g/mol. The highest BCUT2D eigenvalue weighted by Gasteiger charge is 2.39. The molecule has 27 heavy (non-hydrogen) atoms. The van der Waals surface area contributed by atoms with Gasteiger partial charge in [-0.3, -0.25) is 14.5 Å². The van der Waals surface area contributed by atoms with Gasteiger partial charge in [0.1, 0.15) is 11.5 Å². The summed E-state index contributed by atoms with van der Waals surface area (Å²) >= 11 is 6.06. The summed E-state index contributed by atoms with van der Waals surface area (Å²) in [5.41, 5.74) is 2.26. The maximum absolute atomic E-state index is 13.3. The maximum Gasteiger partial charge on any atom is 0.278 e. The zero-order valence-electron chi connectivity index (χ0n) is 14.9. The number of hydrogen-bond donors (Lipinski definition) is 1. The minimum absolute atomic E-state index is 0.124. The van der Waals surface area contributed by atoms with Gasteiger partial charge in [-0.2, -0.15) is 0 Å². The van der Waals surface area contributed by atoms with Crippen LogP contribution in [0.25, 0.3) is 5.57 Å². The first-order chi connectivity index (χ1) is 12.9. The molecule has 0 spiro atoms. The van der Waals surface area contributed by atoms with Gasteiger partial charge >= 0.3 is 0 Å². The molecule has 1 heterocycles. The lowest BCUT2D eigenvalue weighted by Crippen LogP contribution is -2.35. The van der Waals surface area contributed by atoms with Crippen LogP contribution in [-0.4, -0.2) is 37.0 Å². The number of halogens is 2. The van der Waals surface area contributed by atoms with E-state index < -0.39 is 17.6 Å². The lowest BCUT2D eigenvalue weighted by Gasteiger charge is -2.15. The quantitative estimate of drug-likeness (QED) is 0.768. The molecule has 0 radical (unpaired) electrons. The molecule has 5 nitrogen and oxygen atoms in total. The summed E-state index contributed by atoms with van der Waals surface area (Å²) < 4.78 is 18.3. The van der Waals surface area contributed by atoms with Crippen molar-refractivity contribution in [2.24, 2.45) is 0 Å². The van der Waals surface area contributed by atoms with Crippen molar-refractivity contribution in [2.45, 2.75) is 6.92 Å². The summed E-state index contributed by atoms with van der Waals surface area (Å²) in [5.74, 6) is -1.34. The minimum atomic E-state index is -0.462. The van der Waals surface area contributed by atoms with E-state index in [4.69, 9.17) is 16.3 Å². The number of methoxy groups -OCH3 is 1. The number of benzene rings is 2. The van der Waals surface area contributed by atoms with Crippen molar-refractivity contribution < 1.29 is 18.7 Å². The van der Waals surface area contributed by atoms with E-state index in [0.29, 0.717) is 16.3 Å². The fourth-order valence-corrected chi connectivity index (χ4v) is 3.00. The van der Waals surface area contributed by atoms with Gasteiger partial charge in [0.25, 0.3) is 11.8 Å². The Bertz CT molecular complexity index is 925. The Morgan fingerprint density at radius 3 is 2.48 bits per heavy atom. The Kier molecular flexibility index (Phi) is 5.58. The topological polar surface area (TPSA) is 58.6 Å². The standard InChI is InChI=1S/C20H18ClFN2O3/c1-12-3-6-14(21)11-16(12)23-18-17(13-4-7-15(22)8-5-13)19(25)24(20(18)26)9-10-27-2/h3-8,11,23H,9-10H2,1-2H3. The van der Waals surface area contributed by atoms with E-state index in [9.17, 15) is 14.0 Å². The van der Waals surface area contributed by atoms with Crippen LogP contribution in [0.2, 0.25) is 5.02 Å². The van der Waals surface area contributed by atoms with Crippen molar-refractivity contribution in [3.05, 3.63) is 70.1 Å². The third-order valence-corrected chi connectivity index (χ3v) is 4.51. The van der Waals surface area contributed by atoms with E-state index in [2.05, 4.69) is 5.32 Å². The van der Waals surface area contributed by atoms with Crippen LogP contribution in [0.3, 0.4) is 0 Å². The number of hydrogen-bond acceptors (Lipinski definition) is 4. The largest absolute Gasteiger partial charge is 0.383 e. The van der Waals surface area contributed by atoms with Crippen molar-refractivity contribution in [1.82, 2.24) is 4.90 Å². The van der Waals surface area contributed by atoms with Gasteiger partial charge in [0, 0.05) is 17.8 Å². The number of aryl methyl sites for hydroxylation is 1. The minimum Gasteiger partial charge on any atom is -0.383 e. The van der Waals surface area contributed by atoms with Gasteiger partial charge in [-0.1, -0.05) is 29.8 Å². The average molecular weight is 389 g/mol. The van der Waals surface area contributed by atoms with Gasteiger partial charge in [-0.05, 0) is 42.3 Å². The van der Waals surface area contributed by atoms with Crippen molar-refractivity contribution in [2.75, 3.05) is 25.6 Å². The molecule has 2 amide bonds. The number of anilines is 1. The van der Waals surface area contributed by atoms with E-state index in [1.165, 1.54) is 31.4 Å². The lowest BCUT2D eigenvalue weighted by atomic mass is 10.0. The second-order valence-corrected chi connectivity index (χ2v) is 6.53. The van der Waals surface area contributed by atoms with Gasteiger partial charge in [-0.15, -0.1) is 0 Å². The van der Waals surface area contributed by atoms with E-state index in [1.54, 1.807) is 12.1 Å². The predicted octanol–water partition coefficient (Wildman–Crippen LogP) is 3.63. The molecule has 1 aliphatic rings. The molecule has 0 unspecified atom stereocenters. The smallest absolute Gasteiger partial charge is 0.278 e. The van der Waals surface area contributed by atoms with Crippen LogP contribution in [-0.2, 0) is 14.3 Å². The molecule has 0 fully saturated rings. The summed E-state index contributed by atoms with van der Waals surface area (Å²) in [7, 11) is 1.49. The molecule has 0 aromatic heterocycles. The number of nitrogens with one attached hydrogen (secondary N) is 1. The van der Waals surface area contributed by atoms with E-state index in [0.717, 1.165) is 10.5 Å². The maximum atomic E-state index is 13.3. The van der Waals surface area contributed by atoms with E-state index in [1.807, 2.05) is 13.0 Å². The number of ether oxygens (including phenoxy) is 1. The Morgan fingerprint density at radius 2 is 1.81 bits per heavy atom. The molecule has 0 aliphatic carbocycles. The van der Waals surface area contributed by atoms with Crippen LogP contribution in [0.5, 0.6) is 0 Å². The number of carbonyl (C=O) groups excluding carboxylic acids is 2. The summed E-state index contributed by atoms with van der Waals surface area (Å²) in [5, 5.41) is 3.55. The van der Waals surface area contributed by atoms with Crippen LogP contribution in [0.1, 0.15) is 11.1 Å². The highest BCUT2D eigenvalue weighted by molar-refractivity contribution is 6.36. The fraction of sp³-hybridized carbons (Fsp3) is 0.200. The second kappa shape index (κ2) is 7.90. The molecule has 2 aromatic rings. The van der Waals surface area contributed by atoms with Crippen molar-refractivity contribution in [3.8, 4) is 0 Å². The average Bonchev–Trinajstić information content (AvgIpc) is 2.87. The highest BCUT2D eigenvalue weighted by atomic mass is 35.5. The fourth-order valence-electron chi connectivity index (χ4n) is 2.83. The number of rotatable bonds is 6. The van der Waals surface area contributed by atoms with Crippen molar-refractivity contribution >= 4 is 34.7 Å². The first-order valence-corrected chi connectivity index (χ1v) is 8.68. The third kappa shape index (κ3) is 3.86. The molecule has 0 atom stereocenters.